The van der Waals surface area contributed by atoms with Gasteiger partial charge in [0.05, 0.1) is 31.7 Å². The van der Waals surface area contributed by atoms with E-state index >= 15 is 0 Å². The van der Waals surface area contributed by atoms with Gasteiger partial charge in [-0.05, 0) is 44.0 Å². The molecule has 0 aliphatic carbocycles. The summed E-state index contributed by atoms with van der Waals surface area (Å²) in [7, 11) is 4.67. The molecule has 0 radical (unpaired) electrons. The van der Waals surface area contributed by atoms with E-state index in [1.807, 2.05) is 13.8 Å². The Hall–Kier alpha value is -4.08. The third kappa shape index (κ3) is 6.24. The number of ether oxygens (including phenoxy) is 2. The van der Waals surface area contributed by atoms with Crippen LogP contribution in [0.2, 0.25) is 0 Å². The second kappa shape index (κ2) is 12.4. The third-order valence-electron chi connectivity index (χ3n) is 6.22. The van der Waals surface area contributed by atoms with Crippen LogP contribution in [0.3, 0.4) is 0 Å². The maximum absolute atomic E-state index is 13.6. The van der Waals surface area contributed by atoms with Gasteiger partial charge in [-0.15, -0.1) is 0 Å². The van der Waals surface area contributed by atoms with Crippen LogP contribution in [0.1, 0.15) is 49.5 Å². The van der Waals surface area contributed by atoms with Gasteiger partial charge in [-0.1, -0.05) is 25.5 Å². The van der Waals surface area contributed by atoms with Crippen molar-refractivity contribution in [3.05, 3.63) is 68.4 Å². The van der Waals surface area contributed by atoms with Gasteiger partial charge >= 0.3 is 5.69 Å². The fourth-order valence-corrected chi connectivity index (χ4v) is 4.20. The Morgan fingerprint density at radius 2 is 1.63 bits per heavy atom. The zero-order chi connectivity index (χ0) is 28.0. The lowest BCUT2D eigenvalue weighted by molar-refractivity contribution is -0.122. The molecule has 204 valence electrons. The minimum Gasteiger partial charge on any atom is -0.493 e. The lowest BCUT2D eigenvalue weighted by Crippen LogP contribution is -2.43. The van der Waals surface area contributed by atoms with Gasteiger partial charge in [-0.3, -0.25) is 23.5 Å². The van der Waals surface area contributed by atoms with Gasteiger partial charge in [0.25, 0.3) is 11.5 Å². The Morgan fingerprint density at radius 3 is 2.21 bits per heavy atom. The smallest absolute Gasteiger partial charge is 0.332 e. The normalized spacial score (nSPS) is 11.0. The van der Waals surface area contributed by atoms with Crippen LogP contribution in [0.15, 0.2) is 46.0 Å². The molecule has 2 aromatic carbocycles. The molecule has 1 N–H and O–H groups in total. The summed E-state index contributed by atoms with van der Waals surface area (Å²) in [5, 5.41) is 2.99. The van der Waals surface area contributed by atoms with Crippen molar-refractivity contribution >= 4 is 22.7 Å². The molecule has 0 aliphatic rings. The van der Waals surface area contributed by atoms with Crippen LogP contribution in [-0.2, 0) is 17.9 Å². The van der Waals surface area contributed by atoms with Crippen molar-refractivity contribution < 1.29 is 19.1 Å². The zero-order valence-electron chi connectivity index (χ0n) is 22.9. The van der Waals surface area contributed by atoms with E-state index in [9.17, 15) is 19.2 Å². The van der Waals surface area contributed by atoms with Crippen molar-refractivity contribution in [1.29, 1.82) is 0 Å². The molecule has 0 fully saturated rings. The van der Waals surface area contributed by atoms with Crippen molar-refractivity contribution in [2.45, 2.75) is 52.7 Å². The fourth-order valence-electron chi connectivity index (χ4n) is 4.20. The highest BCUT2D eigenvalue weighted by molar-refractivity contribution is 5.94. The van der Waals surface area contributed by atoms with E-state index in [4.69, 9.17) is 9.47 Å². The summed E-state index contributed by atoms with van der Waals surface area (Å²) in [4.78, 5) is 54.0. The molecule has 0 spiro atoms. The van der Waals surface area contributed by atoms with Gasteiger partial charge < -0.3 is 19.7 Å². The highest BCUT2D eigenvalue weighted by atomic mass is 16.5. The third-order valence-corrected chi connectivity index (χ3v) is 6.22. The van der Waals surface area contributed by atoms with Crippen LogP contribution >= 0.6 is 0 Å². The van der Waals surface area contributed by atoms with Gasteiger partial charge in [-0.25, -0.2) is 4.79 Å². The number of amides is 2. The summed E-state index contributed by atoms with van der Waals surface area (Å²) >= 11 is 0. The number of methoxy groups -OCH3 is 2. The molecule has 1 heterocycles. The lowest BCUT2D eigenvalue weighted by Gasteiger charge is -2.18. The van der Waals surface area contributed by atoms with Crippen molar-refractivity contribution in [3.8, 4) is 11.5 Å². The number of carbonyl (C=O) groups excluding carboxylic acids is 2. The molecule has 0 atom stereocenters. The summed E-state index contributed by atoms with van der Waals surface area (Å²) in [6.07, 6.45) is 1.91. The molecule has 38 heavy (non-hydrogen) atoms. The van der Waals surface area contributed by atoms with Gasteiger partial charge in [0.1, 0.15) is 6.54 Å². The second-order valence-electron chi connectivity index (χ2n) is 9.48. The molecule has 10 nitrogen and oxygen atoms in total. The summed E-state index contributed by atoms with van der Waals surface area (Å²) in [6.45, 7) is 6.07. The van der Waals surface area contributed by atoms with Crippen LogP contribution in [0.25, 0.3) is 10.9 Å². The van der Waals surface area contributed by atoms with Crippen LogP contribution in [0.4, 0.5) is 0 Å². The first-order valence-electron chi connectivity index (χ1n) is 12.6. The average molecular weight is 525 g/mol. The fraction of sp³-hybridized carbons (Fsp3) is 0.429. The number of unbranched alkanes of at least 4 members (excludes halogenated alkanes) is 1. The first-order valence-corrected chi connectivity index (χ1v) is 12.6. The van der Waals surface area contributed by atoms with E-state index in [0.717, 1.165) is 17.4 Å². The molecular weight excluding hydrogens is 488 g/mol. The number of fused-ring (bicyclic) bond motifs is 1. The largest absolute Gasteiger partial charge is 0.493 e. The van der Waals surface area contributed by atoms with Crippen molar-refractivity contribution in [2.24, 2.45) is 0 Å². The molecular formula is C28H36N4O6. The maximum atomic E-state index is 13.6. The predicted octanol–water partition coefficient (Wildman–Crippen LogP) is 2.63. The standard InChI is InChI=1S/C28H36N4O6/c1-7-8-13-30(4)26(34)20-11-9-19(10-12-20)16-32-27(35)21-14-23(37-5)24(38-6)15-22(21)31(28(32)36)17-25(33)29-18(2)3/h9-12,14-15,18H,7-8,13,16-17H2,1-6H3,(H,29,33). The van der Waals surface area contributed by atoms with Gasteiger partial charge in [0, 0.05) is 31.3 Å². The topological polar surface area (TPSA) is 112 Å². The Labute approximate surface area is 221 Å². The number of rotatable bonds is 11. The lowest BCUT2D eigenvalue weighted by atomic mass is 10.1. The Kier molecular flexibility index (Phi) is 9.33. The molecule has 10 heteroatoms. The highest BCUT2D eigenvalue weighted by Gasteiger charge is 2.19. The average Bonchev–Trinajstić information content (AvgIpc) is 2.90. The predicted molar refractivity (Wildman–Crippen MR) is 146 cm³/mol. The molecule has 0 saturated heterocycles. The quantitative estimate of drug-likeness (QED) is 0.413. The van der Waals surface area contributed by atoms with Gasteiger partial charge in [0.15, 0.2) is 11.5 Å². The summed E-state index contributed by atoms with van der Waals surface area (Å²) < 4.78 is 13.1. The summed E-state index contributed by atoms with van der Waals surface area (Å²) in [5.41, 5.74) is 0.302. The number of nitrogens with zero attached hydrogens (tertiary/aromatic N) is 3. The minimum atomic E-state index is -0.631. The van der Waals surface area contributed by atoms with E-state index in [0.29, 0.717) is 29.2 Å². The van der Waals surface area contributed by atoms with Crippen molar-refractivity contribution in [3.63, 3.8) is 0 Å². The van der Waals surface area contributed by atoms with Crippen LogP contribution in [0.5, 0.6) is 11.5 Å². The molecule has 2 amide bonds. The van der Waals surface area contributed by atoms with Crippen LogP contribution in [-0.4, -0.2) is 59.7 Å². The SMILES string of the molecule is CCCCN(C)C(=O)c1ccc(Cn2c(=O)c3cc(OC)c(OC)cc3n(CC(=O)NC(C)C)c2=O)cc1. The van der Waals surface area contributed by atoms with E-state index in [2.05, 4.69) is 12.2 Å². The number of benzene rings is 2. The minimum absolute atomic E-state index is 0.0338. The van der Waals surface area contributed by atoms with Crippen molar-refractivity contribution in [2.75, 3.05) is 27.8 Å². The highest BCUT2D eigenvalue weighted by Crippen LogP contribution is 2.30. The van der Waals surface area contributed by atoms with Crippen molar-refractivity contribution in [1.82, 2.24) is 19.4 Å². The number of aromatic nitrogens is 2. The first-order chi connectivity index (χ1) is 18.1. The van der Waals surface area contributed by atoms with Crippen LogP contribution < -0.4 is 26.0 Å². The molecule has 3 aromatic rings. The molecule has 0 aliphatic heterocycles. The van der Waals surface area contributed by atoms with Crippen LogP contribution in [0, 0.1) is 0 Å². The molecule has 1 aromatic heterocycles. The Balaban J connectivity index is 2.07. The summed E-state index contributed by atoms with van der Waals surface area (Å²) in [6, 6.07) is 9.75. The Morgan fingerprint density at radius 1 is 1.00 bits per heavy atom. The number of hydrogen-bond acceptors (Lipinski definition) is 6. The first kappa shape index (κ1) is 28.5. The number of carbonyl (C=O) groups is 2. The maximum Gasteiger partial charge on any atom is 0.332 e. The van der Waals surface area contributed by atoms with E-state index < -0.39 is 11.2 Å². The van der Waals surface area contributed by atoms with E-state index in [1.54, 1.807) is 36.2 Å². The molecule has 0 saturated carbocycles. The zero-order valence-corrected chi connectivity index (χ0v) is 22.9. The van der Waals surface area contributed by atoms with Gasteiger partial charge in [0.2, 0.25) is 5.91 Å². The monoisotopic (exact) mass is 524 g/mol. The van der Waals surface area contributed by atoms with E-state index in [1.165, 1.54) is 30.9 Å². The number of hydrogen-bond donors (Lipinski definition) is 1. The molecule has 3 rings (SSSR count). The summed E-state index contributed by atoms with van der Waals surface area (Å²) in [5.74, 6) is 0.208. The second-order valence-corrected chi connectivity index (χ2v) is 9.48. The van der Waals surface area contributed by atoms with E-state index in [-0.39, 0.29) is 41.8 Å². The van der Waals surface area contributed by atoms with Gasteiger partial charge in [-0.2, -0.15) is 0 Å². The molecule has 0 unspecified atom stereocenters. The molecule has 0 bridgehead atoms. The number of nitrogens with one attached hydrogen (secondary N) is 1. The Bertz CT molecular complexity index is 1420.